The van der Waals surface area contributed by atoms with E-state index in [2.05, 4.69) is 50.2 Å². The Hall–Kier alpha value is -1.33. The van der Waals surface area contributed by atoms with E-state index < -0.39 is 19.2 Å². The molecule has 1 atom stereocenters. The van der Waals surface area contributed by atoms with Crippen molar-refractivity contribution in [3.05, 3.63) is 71.8 Å². The van der Waals surface area contributed by atoms with E-state index in [-0.39, 0.29) is 6.10 Å². The first-order chi connectivity index (χ1) is 12.8. The van der Waals surface area contributed by atoms with Crippen molar-refractivity contribution in [3.63, 3.8) is 0 Å². The van der Waals surface area contributed by atoms with Gasteiger partial charge in [0.25, 0.3) is 0 Å². The second-order valence-electron chi connectivity index (χ2n) is 6.96. The SMILES string of the molecule is CCC[CH2][Sn]1([CH2]CCC)[O]N=C(c2ccccc2)[C@H](c2ccccc2)[O]1. The van der Waals surface area contributed by atoms with Gasteiger partial charge in [-0.05, 0) is 0 Å². The van der Waals surface area contributed by atoms with Crippen LogP contribution in [0.15, 0.2) is 65.8 Å². The van der Waals surface area contributed by atoms with Crippen LogP contribution in [0.4, 0.5) is 0 Å². The Morgan fingerprint density at radius 2 is 1.42 bits per heavy atom. The average Bonchev–Trinajstić information content (AvgIpc) is 2.72. The summed E-state index contributed by atoms with van der Waals surface area (Å²) in [6.45, 7) is 4.46. The molecule has 0 unspecified atom stereocenters. The quantitative estimate of drug-likeness (QED) is 0.440. The molecule has 3 rings (SSSR count). The first-order valence-corrected chi connectivity index (χ1v) is 16.2. The van der Waals surface area contributed by atoms with Crippen LogP contribution in [0.25, 0.3) is 0 Å². The van der Waals surface area contributed by atoms with Crippen LogP contribution in [0.1, 0.15) is 56.8 Å². The molecule has 0 radical (unpaired) electrons. The maximum atomic E-state index is 6.89. The van der Waals surface area contributed by atoms with Crippen LogP contribution in [-0.4, -0.2) is 24.9 Å². The van der Waals surface area contributed by atoms with Crippen LogP contribution in [-0.2, 0) is 6.25 Å². The number of nitrogens with zero attached hydrogens (tertiary/aromatic N) is 1. The molecular formula is C22H29NO2Sn. The van der Waals surface area contributed by atoms with Crippen LogP contribution < -0.4 is 0 Å². The zero-order valence-corrected chi connectivity index (χ0v) is 18.7. The number of oxime groups is 1. The van der Waals surface area contributed by atoms with Crippen molar-refractivity contribution in [1.82, 2.24) is 0 Å². The molecule has 4 heteroatoms. The fourth-order valence-corrected chi connectivity index (χ4v) is 13.2. The molecule has 0 N–H and O–H groups in total. The summed E-state index contributed by atoms with van der Waals surface area (Å²) in [6, 6.07) is 20.8. The van der Waals surface area contributed by atoms with Gasteiger partial charge in [0, 0.05) is 0 Å². The first-order valence-electron chi connectivity index (χ1n) is 9.82. The second-order valence-corrected chi connectivity index (χ2v) is 16.2. The molecule has 26 heavy (non-hydrogen) atoms. The number of hydrogen-bond donors (Lipinski definition) is 0. The van der Waals surface area contributed by atoms with Gasteiger partial charge in [0.2, 0.25) is 0 Å². The van der Waals surface area contributed by atoms with E-state index in [0.717, 1.165) is 33.0 Å². The Morgan fingerprint density at radius 3 is 2.00 bits per heavy atom. The molecule has 0 amide bonds. The van der Waals surface area contributed by atoms with Crippen molar-refractivity contribution in [2.75, 3.05) is 0 Å². The molecular weight excluding hydrogens is 429 g/mol. The van der Waals surface area contributed by atoms with Gasteiger partial charge in [0.1, 0.15) is 0 Å². The van der Waals surface area contributed by atoms with E-state index in [1.54, 1.807) is 0 Å². The van der Waals surface area contributed by atoms with E-state index >= 15 is 0 Å². The molecule has 1 aliphatic rings. The molecule has 1 aliphatic heterocycles. The Balaban J connectivity index is 1.97. The Labute approximate surface area is 162 Å². The molecule has 0 saturated carbocycles. The molecule has 0 fully saturated rings. The van der Waals surface area contributed by atoms with Crippen LogP contribution in [0.2, 0.25) is 8.87 Å². The van der Waals surface area contributed by atoms with Gasteiger partial charge >= 0.3 is 163 Å². The fourth-order valence-electron chi connectivity index (χ4n) is 3.37. The number of unbranched alkanes of at least 4 members (excludes halogenated alkanes) is 2. The zero-order valence-electron chi connectivity index (χ0n) is 15.9. The van der Waals surface area contributed by atoms with E-state index in [1.807, 2.05) is 24.3 Å². The fraction of sp³-hybridized carbons (Fsp3) is 0.409. The van der Waals surface area contributed by atoms with Gasteiger partial charge in [0.15, 0.2) is 0 Å². The van der Waals surface area contributed by atoms with Gasteiger partial charge in [-0.25, -0.2) is 0 Å². The van der Waals surface area contributed by atoms with Crippen molar-refractivity contribution in [2.45, 2.75) is 54.5 Å². The van der Waals surface area contributed by atoms with E-state index in [1.165, 1.54) is 18.4 Å². The summed E-state index contributed by atoms with van der Waals surface area (Å²) < 4.78 is 15.3. The van der Waals surface area contributed by atoms with Gasteiger partial charge in [-0.15, -0.1) is 0 Å². The van der Waals surface area contributed by atoms with Gasteiger partial charge in [-0.1, -0.05) is 0 Å². The normalized spacial score (nSPS) is 18.8. The van der Waals surface area contributed by atoms with Crippen LogP contribution in [0.5, 0.6) is 0 Å². The van der Waals surface area contributed by atoms with Gasteiger partial charge in [0.05, 0.1) is 0 Å². The summed E-state index contributed by atoms with van der Waals surface area (Å²) in [6.07, 6.45) is 4.55. The van der Waals surface area contributed by atoms with E-state index in [4.69, 9.17) is 11.4 Å². The molecule has 0 bridgehead atoms. The number of hydrogen-bond acceptors (Lipinski definition) is 3. The minimum atomic E-state index is -3.21. The molecule has 3 nitrogen and oxygen atoms in total. The summed E-state index contributed by atoms with van der Waals surface area (Å²) in [5.74, 6) is 0. The summed E-state index contributed by atoms with van der Waals surface area (Å²) in [4.78, 5) is 0. The molecule has 0 aliphatic carbocycles. The molecule has 2 aromatic carbocycles. The predicted octanol–water partition coefficient (Wildman–Crippen LogP) is 6.22. The van der Waals surface area contributed by atoms with E-state index in [0.29, 0.717) is 0 Å². The Kier molecular flexibility index (Phi) is 7.14. The third-order valence-electron chi connectivity index (χ3n) is 4.89. The average molecular weight is 458 g/mol. The molecule has 0 spiro atoms. The summed E-state index contributed by atoms with van der Waals surface area (Å²) >= 11 is -3.21. The predicted molar refractivity (Wildman–Crippen MR) is 110 cm³/mol. The van der Waals surface area contributed by atoms with Crippen LogP contribution >= 0.6 is 0 Å². The van der Waals surface area contributed by atoms with Gasteiger partial charge in [-0.2, -0.15) is 0 Å². The standard InChI is InChI=1S/C14H12NO2.2C4H9.Sn/c16-14(12-9-5-2-6-10-12)13(15-17)11-7-3-1-4-8-11;2*1-3-4-2;/h1-10,14,17H;2*1,3-4H2,2H3;/q-1;;;+2/p-1/t14-;;;/m0.../s1. The topological polar surface area (TPSA) is 30.8 Å². The third kappa shape index (κ3) is 4.68. The summed E-state index contributed by atoms with van der Waals surface area (Å²) in [5.41, 5.74) is 3.15. The Morgan fingerprint density at radius 1 is 0.846 bits per heavy atom. The van der Waals surface area contributed by atoms with E-state index in [9.17, 15) is 0 Å². The second kappa shape index (κ2) is 9.56. The molecule has 138 valence electrons. The minimum absolute atomic E-state index is 0.114. The third-order valence-corrected chi connectivity index (χ3v) is 14.4. The number of rotatable bonds is 8. The maximum absolute atomic E-state index is 6.89. The molecule has 0 aromatic heterocycles. The van der Waals surface area contributed by atoms with Crippen molar-refractivity contribution in [2.24, 2.45) is 5.16 Å². The van der Waals surface area contributed by atoms with Gasteiger partial charge < -0.3 is 0 Å². The van der Waals surface area contributed by atoms with Crippen LogP contribution in [0, 0.1) is 0 Å². The molecule has 1 heterocycles. The van der Waals surface area contributed by atoms with Crippen molar-refractivity contribution in [1.29, 1.82) is 0 Å². The van der Waals surface area contributed by atoms with Crippen LogP contribution in [0.3, 0.4) is 0 Å². The van der Waals surface area contributed by atoms with Gasteiger partial charge in [-0.3, -0.25) is 0 Å². The monoisotopic (exact) mass is 459 g/mol. The number of benzene rings is 2. The first kappa shape index (κ1) is 19.4. The van der Waals surface area contributed by atoms with Crippen molar-refractivity contribution < 1.29 is 6.25 Å². The molecule has 0 saturated heterocycles. The van der Waals surface area contributed by atoms with Crippen molar-refractivity contribution >= 4 is 24.9 Å². The summed E-state index contributed by atoms with van der Waals surface area (Å²) in [5, 5.41) is 4.70. The van der Waals surface area contributed by atoms with Crippen molar-refractivity contribution in [3.8, 4) is 0 Å². The summed E-state index contributed by atoms with van der Waals surface area (Å²) in [7, 11) is 0. The zero-order chi connectivity index (χ0) is 18.2. The molecule has 2 aromatic rings. The Bertz CT molecular complexity index is 695.